The van der Waals surface area contributed by atoms with Crippen LogP contribution in [0.4, 0.5) is 11.4 Å². The SMILES string of the molecule is c1ccc(Nc2ccc3cc(-c4occ5ccccc45)ccc3c2)cc1. The Morgan fingerprint density at radius 2 is 1.35 bits per heavy atom. The van der Waals surface area contributed by atoms with Gasteiger partial charge in [0.15, 0.2) is 0 Å². The number of fused-ring (bicyclic) bond motifs is 2. The summed E-state index contributed by atoms with van der Waals surface area (Å²) in [5, 5.41) is 8.12. The van der Waals surface area contributed by atoms with Crippen LogP contribution >= 0.6 is 0 Å². The maximum absolute atomic E-state index is 5.84. The molecule has 5 rings (SSSR count). The van der Waals surface area contributed by atoms with E-state index in [-0.39, 0.29) is 0 Å². The van der Waals surface area contributed by atoms with E-state index in [1.165, 1.54) is 10.8 Å². The minimum absolute atomic E-state index is 0.925. The average Bonchev–Trinajstić information content (AvgIpc) is 3.13. The van der Waals surface area contributed by atoms with Gasteiger partial charge in [-0.2, -0.15) is 0 Å². The molecule has 0 bridgehead atoms. The molecular weight excluding hydrogens is 318 g/mol. The fourth-order valence-corrected chi connectivity index (χ4v) is 3.37. The van der Waals surface area contributed by atoms with Crippen molar-refractivity contribution in [2.24, 2.45) is 0 Å². The van der Waals surface area contributed by atoms with Gasteiger partial charge in [-0.15, -0.1) is 0 Å². The Balaban J connectivity index is 1.53. The van der Waals surface area contributed by atoms with Gasteiger partial charge in [-0.3, -0.25) is 0 Å². The number of furan rings is 1. The number of para-hydroxylation sites is 1. The molecule has 0 aliphatic carbocycles. The van der Waals surface area contributed by atoms with E-state index >= 15 is 0 Å². The summed E-state index contributed by atoms with van der Waals surface area (Å²) in [6, 6.07) is 31.4. The van der Waals surface area contributed by atoms with E-state index in [1.807, 2.05) is 36.6 Å². The largest absolute Gasteiger partial charge is 0.463 e. The van der Waals surface area contributed by atoms with Crippen LogP contribution < -0.4 is 5.32 Å². The van der Waals surface area contributed by atoms with Crippen LogP contribution in [0, 0.1) is 0 Å². The van der Waals surface area contributed by atoms with E-state index in [0.29, 0.717) is 0 Å². The molecule has 2 nitrogen and oxygen atoms in total. The first-order valence-corrected chi connectivity index (χ1v) is 8.69. The molecule has 0 aliphatic rings. The maximum atomic E-state index is 5.84. The molecule has 1 heterocycles. The number of hydrogen-bond donors (Lipinski definition) is 1. The summed E-state index contributed by atoms with van der Waals surface area (Å²) < 4.78 is 5.84. The van der Waals surface area contributed by atoms with Crippen LogP contribution in [0.5, 0.6) is 0 Å². The molecule has 2 heteroatoms. The van der Waals surface area contributed by atoms with E-state index in [2.05, 4.69) is 66.0 Å². The Hall–Kier alpha value is -3.52. The van der Waals surface area contributed by atoms with Crippen molar-refractivity contribution in [2.45, 2.75) is 0 Å². The molecule has 0 saturated carbocycles. The molecule has 0 radical (unpaired) electrons. The van der Waals surface area contributed by atoms with E-state index in [4.69, 9.17) is 4.42 Å². The highest BCUT2D eigenvalue weighted by molar-refractivity contribution is 5.97. The van der Waals surface area contributed by atoms with Crippen molar-refractivity contribution in [1.29, 1.82) is 0 Å². The lowest BCUT2D eigenvalue weighted by atomic mass is 10.0. The van der Waals surface area contributed by atoms with Crippen LogP contribution in [0.1, 0.15) is 0 Å². The molecule has 1 aromatic heterocycles. The molecule has 5 aromatic rings. The number of rotatable bonds is 3. The molecule has 0 spiro atoms. The molecule has 0 atom stereocenters. The Morgan fingerprint density at radius 1 is 0.577 bits per heavy atom. The zero-order valence-electron chi connectivity index (χ0n) is 14.1. The maximum Gasteiger partial charge on any atom is 0.141 e. The lowest BCUT2D eigenvalue weighted by Gasteiger charge is -2.08. The van der Waals surface area contributed by atoms with Gasteiger partial charge >= 0.3 is 0 Å². The van der Waals surface area contributed by atoms with Crippen molar-refractivity contribution >= 4 is 32.9 Å². The highest BCUT2D eigenvalue weighted by Gasteiger charge is 2.09. The van der Waals surface area contributed by atoms with Crippen molar-refractivity contribution in [3.05, 3.63) is 97.3 Å². The molecule has 4 aromatic carbocycles. The lowest BCUT2D eigenvalue weighted by molar-refractivity contribution is 0.587. The molecule has 0 amide bonds. The number of anilines is 2. The Bertz CT molecular complexity index is 1200. The fourth-order valence-electron chi connectivity index (χ4n) is 3.37. The minimum atomic E-state index is 0.925. The van der Waals surface area contributed by atoms with Gasteiger partial charge in [0.25, 0.3) is 0 Å². The third kappa shape index (κ3) is 2.62. The first-order chi connectivity index (χ1) is 12.9. The van der Waals surface area contributed by atoms with Crippen LogP contribution in [0.25, 0.3) is 32.9 Å². The molecule has 1 N–H and O–H groups in total. The first-order valence-electron chi connectivity index (χ1n) is 8.69. The normalized spacial score (nSPS) is 11.1. The van der Waals surface area contributed by atoms with Crippen molar-refractivity contribution in [3.8, 4) is 11.3 Å². The second-order valence-corrected chi connectivity index (χ2v) is 6.42. The van der Waals surface area contributed by atoms with Gasteiger partial charge in [-0.05, 0) is 41.1 Å². The van der Waals surface area contributed by atoms with Crippen LogP contribution in [-0.2, 0) is 0 Å². The molecule has 124 valence electrons. The Morgan fingerprint density at radius 3 is 2.27 bits per heavy atom. The van der Waals surface area contributed by atoms with Crippen LogP contribution in [0.3, 0.4) is 0 Å². The first kappa shape index (κ1) is 14.8. The lowest BCUT2D eigenvalue weighted by Crippen LogP contribution is -1.89. The smallest absolute Gasteiger partial charge is 0.141 e. The fraction of sp³-hybridized carbons (Fsp3) is 0. The van der Waals surface area contributed by atoms with Crippen molar-refractivity contribution in [2.75, 3.05) is 5.32 Å². The van der Waals surface area contributed by atoms with E-state index in [1.54, 1.807) is 0 Å². The average molecular weight is 335 g/mol. The van der Waals surface area contributed by atoms with Crippen molar-refractivity contribution < 1.29 is 4.42 Å². The zero-order valence-corrected chi connectivity index (χ0v) is 14.1. The predicted octanol–water partition coefficient (Wildman–Crippen LogP) is 7.00. The van der Waals surface area contributed by atoms with Crippen LogP contribution in [-0.4, -0.2) is 0 Å². The Kier molecular flexibility index (Phi) is 3.46. The Labute approximate surface area is 151 Å². The van der Waals surface area contributed by atoms with Gasteiger partial charge in [0, 0.05) is 27.7 Å². The number of nitrogens with one attached hydrogen (secondary N) is 1. The summed E-state index contributed by atoms with van der Waals surface area (Å²) >= 11 is 0. The third-order valence-corrected chi connectivity index (χ3v) is 4.67. The zero-order chi connectivity index (χ0) is 17.3. The van der Waals surface area contributed by atoms with Crippen LogP contribution in [0.15, 0.2) is 102 Å². The molecule has 0 saturated heterocycles. The molecule has 0 aliphatic heterocycles. The summed E-state index contributed by atoms with van der Waals surface area (Å²) in [7, 11) is 0. The standard InChI is InChI=1S/C24H17NO/c1-2-7-21(8-3-1)25-22-13-12-17-14-19(11-10-18(17)15-22)24-23-9-5-4-6-20(23)16-26-24/h1-16,25H. The number of hydrogen-bond acceptors (Lipinski definition) is 2. The molecule has 0 fully saturated rings. The second-order valence-electron chi connectivity index (χ2n) is 6.42. The predicted molar refractivity (Wildman–Crippen MR) is 109 cm³/mol. The van der Waals surface area contributed by atoms with Gasteiger partial charge in [0.2, 0.25) is 0 Å². The topological polar surface area (TPSA) is 25.2 Å². The van der Waals surface area contributed by atoms with Crippen molar-refractivity contribution in [3.63, 3.8) is 0 Å². The van der Waals surface area contributed by atoms with E-state index < -0.39 is 0 Å². The van der Waals surface area contributed by atoms with Gasteiger partial charge in [0.05, 0.1) is 6.26 Å². The molecule has 0 unspecified atom stereocenters. The van der Waals surface area contributed by atoms with Crippen molar-refractivity contribution in [1.82, 2.24) is 0 Å². The van der Waals surface area contributed by atoms with Gasteiger partial charge < -0.3 is 9.73 Å². The third-order valence-electron chi connectivity index (χ3n) is 4.67. The second kappa shape index (κ2) is 6.08. The number of benzene rings is 4. The molecule has 26 heavy (non-hydrogen) atoms. The summed E-state index contributed by atoms with van der Waals surface area (Å²) in [6.45, 7) is 0. The summed E-state index contributed by atoms with van der Waals surface area (Å²) in [5.41, 5.74) is 3.27. The van der Waals surface area contributed by atoms with E-state index in [9.17, 15) is 0 Å². The van der Waals surface area contributed by atoms with Gasteiger partial charge in [0.1, 0.15) is 5.76 Å². The summed E-state index contributed by atoms with van der Waals surface area (Å²) in [5.74, 6) is 0.925. The van der Waals surface area contributed by atoms with Gasteiger partial charge in [-0.25, -0.2) is 0 Å². The summed E-state index contributed by atoms with van der Waals surface area (Å²) in [4.78, 5) is 0. The highest BCUT2D eigenvalue weighted by Crippen LogP contribution is 2.33. The summed E-state index contributed by atoms with van der Waals surface area (Å²) in [6.07, 6.45) is 1.82. The monoisotopic (exact) mass is 335 g/mol. The van der Waals surface area contributed by atoms with E-state index in [0.717, 1.165) is 33.5 Å². The quantitative estimate of drug-likeness (QED) is 0.384. The molecular formula is C24H17NO. The van der Waals surface area contributed by atoms with Gasteiger partial charge in [-0.1, -0.05) is 60.7 Å². The minimum Gasteiger partial charge on any atom is -0.463 e. The highest BCUT2D eigenvalue weighted by atomic mass is 16.3. The van der Waals surface area contributed by atoms with Crippen LogP contribution in [0.2, 0.25) is 0 Å².